The molecule has 0 radical (unpaired) electrons. The van der Waals surface area contributed by atoms with Crippen molar-refractivity contribution in [3.8, 4) is 0 Å². The van der Waals surface area contributed by atoms with E-state index in [1.165, 1.54) is 18.2 Å². The van der Waals surface area contributed by atoms with Gasteiger partial charge in [-0.2, -0.15) is 0 Å². The summed E-state index contributed by atoms with van der Waals surface area (Å²) in [4.78, 5) is 57.2. The molecule has 234 valence electrons. The van der Waals surface area contributed by atoms with E-state index < -0.39 is 44.2 Å². The van der Waals surface area contributed by atoms with E-state index in [0.29, 0.717) is 10.6 Å². The van der Waals surface area contributed by atoms with E-state index >= 15 is 0 Å². The third-order valence-corrected chi connectivity index (χ3v) is 13.3. The number of allylic oxidation sites excluding steroid dienone is 5. The first-order valence-corrected chi connectivity index (χ1v) is 17.6. The van der Waals surface area contributed by atoms with Crippen molar-refractivity contribution in [3.05, 3.63) is 99.9 Å². The molecule has 1 atom stereocenters. The number of halogens is 2. The van der Waals surface area contributed by atoms with Crippen molar-refractivity contribution in [2.45, 2.75) is 31.7 Å². The van der Waals surface area contributed by atoms with Gasteiger partial charge in [0.2, 0.25) is 6.17 Å². The number of alkyl halides is 2. The number of carbonyl (C=O) groups is 4. The van der Waals surface area contributed by atoms with E-state index in [-0.39, 0.29) is 55.7 Å². The van der Waals surface area contributed by atoms with Gasteiger partial charge in [0, 0.05) is 30.7 Å². The van der Waals surface area contributed by atoms with Crippen molar-refractivity contribution in [2.75, 3.05) is 31.1 Å². The molecular weight excluding hydrogens is 612 g/mol. The summed E-state index contributed by atoms with van der Waals surface area (Å²) in [5.74, 6) is -3.46. The number of benzene rings is 2. The minimum atomic E-state index is -2.73. The molecule has 5 aliphatic rings. The van der Waals surface area contributed by atoms with Crippen LogP contribution in [0.2, 0.25) is 6.55 Å². The van der Waals surface area contributed by atoms with Crippen LogP contribution in [0.3, 0.4) is 0 Å². The zero-order valence-electron chi connectivity index (χ0n) is 25.0. The minimum absolute atomic E-state index is 0.0465. The number of aromatic carboxylic acids is 1. The quantitative estimate of drug-likeness (QED) is 0.293. The Bertz CT molecular complexity index is 1890. The summed E-state index contributed by atoms with van der Waals surface area (Å²) in [7, 11) is -2.73. The van der Waals surface area contributed by atoms with E-state index in [2.05, 4.69) is 13.1 Å². The van der Waals surface area contributed by atoms with Gasteiger partial charge in [0.25, 0.3) is 11.8 Å². The van der Waals surface area contributed by atoms with E-state index in [1.807, 2.05) is 51.6 Å². The number of hydroxylamine groups is 2. The van der Waals surface area contributed by atoms with Crippen LogP contribution in [0.5, 0.6) is 0 Å². The first-order valence-electron chi connectivity index (χ1n) is 15.0. The number of carboxylic acid groups (broad SMARTS) is 1. The summed E-state index contributed by atoms with van der Waals surface area (Å²) in [5.41, 5.74) is 5.82. The third-order valence-electron chi connectivity index (χ3n) is 9.41. The number of carbonyl (C=O) groups excluding carboxylic acids is 3. The highest BCUT2D eigenvalue weighted by molar-refractivity contribution is 7.02. The van der Waals surface area contributed by atoms with Gasteiger partial charge in [-0.1, -0.05) is 18.3 Å². The SMILES string of the molecule is C=C[Si]1(C)C2=CC(=[N+]3CC(F)C3)C=CC2=C(c2cc(C(=O)ON3C(=O)CCC3=O)ccc2C(=O)O)c2ccc(N3CC(F)C3)cc21. The molecule has 0 spiro atoms. The van der Waals surface area contributed by atoms with Crippen molar-refractivity contribution < 1.29 is 42.5 Å². The van der Waals surface area contributed by atoms with Crippen molar-refractivity contribution >= 4 is 54.0 Å². The lowest BCUT2D eigenvalue weighted by molar-refractivity contribution is -0.599. The fourth-order valence-corrected chi connectivity index (χ4v) is 9.84. The number of amides is 2. The number of rotatable bonds is 6. The number of fused-ring (bicyclic) bond motifs is 2. The topological polar surface area (TPSA) is 107 Å². The maximum absolute atomic E-state index is 13.9. The Labute approximate surface area is 264 Å². The number of nitrogens with zero attached hydrogens (tertiary/aromatic N) is 3. The molecular formula is C34H30F2N3O6Si+. The molecule has 9 nitrogen and oxygen atoms in total. The monoisotopic (exact) mass is 642 g/mol. The molecule has 2 amide bonds. The van der Waals surface area contributed by atoms with Gasteiger partial charge in [-0.3, -0.25) is 9.59 Å². The molecule has 0 saturated carbocycles. The zero-order chi connectivity index (χ0) is 32.5. The summed E-state index contributed by atoms with van der Waals surface area (Å²) in [6.07, 6.45) is 3.85. The lowest BCUT2D eigenvalue weighted by Gasteiger charge is -2.41. The standard InChI is InChI=1S/C34H29F2N3O6Si/c1-3-46(2)28-13-22(37-15-20(35)16-37)5-8-25(28)32(26-9-6-23(14-29(26)46)38-17-21(36)18-38)27-12-19(4-7-24(27)33(42)43)34(44)45-39-30(40)10-11-31(39)41/h3-9,12-14,20-21H,1,10-11,15-18H2,2H3/p+1. The molecule has 0 aromatic heterocycles. The maximum atomic E-state index is 13.9. The Kier molecular flexibility index (Phi) is 7.00. The van der Waals surface area contributed by atoms with Crippen LogP contribution >= 0.6 is 0 Å². The van der Waals surface area contributed by atoms with Crippen LogP contribution in [0.15, 0.2) is 77.7 Å². The molecule has 7 rings (SSSR count). The number of imide groups is 1. The molecule has 2 aromatic rings. The van der Waals surface area contributed by atoms with Crippen LogP contribution in [-0.2, 0) is 14.4 Å². The average molecular weight is 643 g/mol. The summed E-state index contributed by atoms with van der Waals surface area (Å²) in [6.45, 7) is 7.47. The predicted octanol–water partition coefficient (Wildman–Crippen LogP) is 3.43. The summed E-state index contributed by atoms with van der Waals surface area (Å²) in [5, 5.41) is 12.6. The van der Waals surface area contributed by atoms with Crippen LogP contribution < -0.4 is 10.1 Å². The van der Waals surface area contributed by atoms with Gasteiger partial charge in [-0.25, -0.2) is 22.9 Å². The highest BCUT2D eigenvalue weighted by atomic mass is 28.3. The maximum Gasteiger partial charge on any atom is 0.363 e. The van der Waals surface area contributed by atoms with Gasteiger partial charge >= 0.3 is 11.9 Å². The Hall–Kier alpha value is -4.97. The van der Waals surface area contributed by atoms with Crippen LogP contribution in [-0.4, -0.2) is 90.8 Å². The largest absolute Gasteiger partial charge is 0.478 e. The van der Waals surface area contributed by atoms with Crippen molar-refractivity contribution in [1.82, 2.24) is 5.06 Å². The van der Waals surface area contributed by atoms with E-state index in [9.17, 15) is 33.1 Å². The number of anilines is 1. The first kappa shape index (κ1) is 29.7. The molecule has 1 unspecified atom stereocenters. The first-order chi connectivity index (χ1) is 22.0. The second kappa shape index (κ2) is 10.8. The molecule has 2 aromatic carbocycles. The molecule has 46 heavy (non-hydrogen) atoms. The fourth-order valence-electron chi connectivity index (χ4n) is 6.68. The normalized spacial score (nSPS) is 23.9. The molecule has 0 bridgehead atoms. The molecule has 3 fully saturated rings. The number of hydrogen-bond acceptors (Lipinski definition) is 6. The molecule has 4 heterocycles. The van der Waals surface area contributed by atoms with Gasteiger partial charge in [-0.15, -0.1) is 11.6 Å². The third kappa shape index (κ3) is 4.66. The Morgan fingerprint density at radius 3 is 2.37 bits per heavy atom. The Balaban J connectivity index is 1.43. The highest BCUT2D eigenvalue weighted by Crippen LogP contribution is 2.44. The smallest absolute Gasteiger partial charge is 0.363 e. The minimum Gasteiger partial charge on any atom is -0.478 e. The van der Waals surface area contributed by atoms with E-state index in [0.717, 1.165) is 32.9 Å². The van der Waals surface area contributed by atoms with Crippen molar-refractivity contribution in [2.24, 2.45) is 0 Å². The van der Waals surface area contributed by atoms with E-state index in [4.69, 9.17) is 4.84 Å². The van der Waals surface area contributed by atoms with Gasteiger partial charge < -0.3 is 14.8 Å². The predicted molar refractivity (Wildman–Crippen MR) is 168 cm³/mol. The van der Waals surface area contributed by atoms with Gasteiger partial charge in [0.1, 0.15) is 14.2 Å². The second-order valence-electron chi connectivity index (χ2n) is 12.3. The summed E-state index contributed by atoms with van der Waals surface area (Å²) >= 11 is 0. The Morgan fingerprint density at radius 2 is 1.74 bits per heavy atom. The number of hydrogen-bond donors (Lipinski definition) is 1. The van der Waals surface area contributed by atoms with Crippen molar-refractivity contribution in [1.29, 1.82) is 0 Å². The van der Waals surface area contributed by atoms with Crippen molar-refractivity contribution in [3.63, 3.8) is 0 Å². The Morgan fingerprint density at radius 1 is 1.02 bits per heavy atom. The van der Waals surface area contributed by atoms with Gasteiger partial charge in [-0.05, 0) is 69.1 Å². The molecule has 1 N–H and O–H groups in total. The van der Waals surface area contributed by atoms with Crippen LogP contribution in [0.1, 0.15) is 44.7 Å². The summed E-state index contributed by atoms with van der Waals surface area (Å²) in [6, 6.07) is 9.81. The highest BCUT2D eigenvalue weighted by Gasteiger charge is 2.44. The molecule has 4 aliphatic heterocycles. The summed E-state index contributed by atoms with van der Waals surface area (Å²) < 4.78 is 29.6. The molecule has 1 aliphatic carbocycles. The van der Waals surface area contributed by atoms with E-state index in [1.54, 1.807) is 0 Å². The van der Waals surface area contributed by atoms with Gasteiger partial charge in [0.05, 0.1) is 24.2 Å². The lowest BCUT2D eigenvalue weighted by atomic mass is 9.86. The lowest BCUT2D eigenvalue weighted by Crippen LogP contribution is -2.53. The van der Waals surface area contributed by atoms with Crippen LogP contribution in [0, 0.1) is 0 Å². The van der Waals surface area contributed by atoms with Crippen LogP contribution in [0.25, 0.3) is 5.57 Å². The van der Waals surface area contributed by atoms with Crippen LogP contribution in [0.4, 0.5) is 14.5 Å². The molecule has 3 saturated heterocycles. The van der Waals surface area contributed by atoms with Gasteiger partial charge in [0.15, 0.2) is 18.8 Å². The molecule has 12 heteroatoms. The zero-order valence-corrected chi connectivity index (χ0v) is 26.0. The number of carboxylic acids is 1. The second-order valence-corrected chi connectivity index (χ2v) is 16.2. The fraction of sp³-hybridized carbons (Fsp3) is 0.265. The average Bonchev–Trinajstić information content (AvgIpc) is 3.33.